The van der Waals surface area contributed by atoms with Gasteiger partial charge in [0, 0.05) is 85.5 Å². The molecule has 0 aliphatic carbocycles. The molecule has 7 heterocycles. The van der Waals surface area contributed by atoms with Gasteiger partial charge in [-0.3, -0.25) is 29.3 Å². The van der Waals surface area contributed by atoms with Crippen LogP contribution in [0.5, 0.6) is 5.75 Å². The zero-order valence-corrected chi connectivity index (χ0v) is 30.2. The number of likely N-dealkylation sites (tertiary alicyclic amines) is 1. The van der Waals surface area contributed by atoms with Crippen LogP contribution in [0.25, 0.3) is 16.8 Å². The lowest BCUT2D eigenvalue weighted by molar-refractivity contribution is -0.136. The molecule has 0 spiro atoms. The molecule has 0 bridgehead atoms. The van der Waals surface area contributed by atoms with E-state index < -0.39 is 23.9 Å². The number of hydrogen-bond donors (Lipinski definition) is 2. The van der Waals surface area contributed by atoms with E-state index in [0.29, 0.717) is 41.6 Å². The van der Waals surface area contributed by atoms with Gasteiger partial charge in [0.2, 0.25) is 11.8 Å². The van der Waals surface area contributed by atoms with Gasteiger partial charge in [0.15, 0.2) is 11.6 Å². The van der Waals surface area contributed by atoms with Crippen molar-refractivity contribution < 1.29 is 23.5 Å². The Bertz CT molecular complexity index is 2280. The van der Waals surface area contributed by atoms with Gasteiger partial charge in [-0.25, -0.2) is 9.37 Å². The number of rotatable bonds is 9. The minimum atomic E-state index is -0.613. The zero-order chi connectivity index (χ0) is 37.8. The summed E-state index contributed by atoms with van der Waals surface area (Å²) in [6.45, 7) is 5.94. The molecule has 3 aromatic heterocycles. The Morgan fingerprint density at radius 3 is 2.51 bits per heavy atom. The van der Waals surface area contributed by atoms with Crippen LogP contribution in [0.4, 0.5) is 15.9 Å². The Balaban J connectivity index is 0.795. The number of carbonyl (C=O) groups is 3. The van der Waals surface area contributed by atoms with Gasteiger partial charge in [0.1, 0.15) is 18.0 Å². The standard InChI is InChI=1S/C39H40FN11O4/c1-23(32-16-27(40)2-5-33(32)51-43-10-11-44-51)55-35-15-24(17-42-37(35)41)26-18-45-50(20-26)28-8-12-47(13-9-28)30-21-48(22-30)29-3-4-31-25(14-29)19-49(39(31)54)34-6-7-36(52)46-38(34)53/h2-5,10-11,14-18,20,23,28,30,34H,6-9,12-13,19,21-22H2,1H3,(H2,41,42)(H,46,52,53)/t23-,34?/m0/s1. The highest BCUT2D eigenvalue weighted by Crippen LogP contribution is 2.36. The Hall–Kier alpha value is -6.16. The van der Waals surface area contributed by atoms with Crippen LogP contribution in [0.3, 0.4) is 0 Å². The maximum atomic E-state index is 14.3. The number of carbonyl (C=O) groups excluding carboxylic acids is 3. The SMILES string of the molecule is C[C@H](Oc1cc(-c2cnn(C3CCN(C4CN(c5ccc6c(c5)CN(C5CCC(=O)NC5=O)C6=O)C4)CC3)c2)cnc1N)c1cc(F)ccc1-n1nccn1. The lowest BCUT2D eigenvalue weighted by Crippen LogP contribution is -2.61. The summed E-state index contributed by atoms with van der Waals surface area (Å²) in [6.07, 6.45) is 10.7. The topological polar surface area (TPSA) is 170 Å². The number of anilines is 2. The molecule has 16 heteroatoms. The molecular weight excluding hydrogens is 705 g/mol. The zero-order valence-electron chi connectivity index (χ0n) is 30.2. The van der Waals surface area contributed by atoms with E-state index in [0.717, 1.165) is 61.4 Å². The van der Waals surface area contributed by atoms with Gasteiger partial charge in [0.25, 0.3) is 5.91 Å². The maximum Gasteiger partial charge on any atom is 0.255 e. The first-order valence-corrected chi connectivity index (χ1v) is 18.6. The predicted octanol–water partition coefficient (Wildman–Crippen LogP) is 3.67. The number of fused-ring (bicyclic) bond motifs is 1. The summed E-state index contributed by atoms with van der Waals surface area (Å²) in [6, 6.07) is 12.3. The monoisotopic (exact) mass is 745 g/mol. The Labute approximate surface area is 315 Å². The summed E-state index contributed by atoms with van der Waals surface area (Å²) >= 11 is 0. The van der Waals surface area contributed by atoms with Gasteiger partial charge in [-0.1, -0.05) is 0 Å². The fourth-order valence-corrected chi connectivity index (χ4v) is 8.19. The molecule has 2 aromatic carbocycles. The second kappa shape index (κ2) is 13.9. The number of nitrogens with two attached hydrogens (primary N) is 1. The molecule has 282 valence electrons. The smallest absolute Gasteiger partial charge is 0.255 e. The van der Waals surface area contributed by atoms with Gasteiger partial charge in [-0.05, 0) is 74.2 Å². The van der Waals surface area contributed by atoms with Crippen molar-refractivity contribution in [3.63, 3.8) is 0 Å². The molecule has 15 nitrogen and oxygen atoms in total. The van der Waals surface area contributed by atoms with Crippen LogP contribution >= 0.6 is 0 Å². The number of ether oxygens (including phenoxy) is 1. The number of aromatic nitrogens is 6. The number of nitrogens with one attached hydrogen (secondary N) is 1. The largest absolute Gasteiger partial charge is 0.482 e. The third kappa shape index (κ3) is 6.55. The minimum Gasteiger partial charge on any atom is -0.482 e. The molecule has 2 atom stereocenters. The molecule has 3 fully saturated rings. The first-order valence-electron chi connectivity index (χ1n) is 18.6. The van der Waals surface area contributed by atoms with Gasteiger partial charge in [-0.15, -0.1) is 0 Å². The van der Waals surface area contributed by atoms with Crippen molar-refractivity contribution in [1.82, 2.24) is 44.9 Å². The number of amides is 3. The number of halogens is 1. The summed E-state index contributed by atoms with van der Waals surface area (Å²) in [5.74, 6) is -0.627. The molecule has 55 heavy (non-hydrogen) atoms. The highest BCUT2D eigenvalue weighted by molar-refractivity contribution is 6.05. The van der Waals surface area contributed by atoms with E-state index >= 15 is 0 Å². The van der Waals surface area contributed by atoms with Crippen LogP contribution < -0.4 is 20.7 Å². The summed E-state index contributed by atoms with van der Waals surface area (Å²) < 4.78 is 22.6. The second-order valence-corrected chi connectivity index (χ2v) is 14.7. The number of pyridine rings is 1. The average Bonchev–Trinajstić information content (AvgIpc) is 3.94. The van der Waals surface area contributed by atoms with Crippen LogP contribution in [-0.2, 0) is 16.1 Å². The molecule has 9 rings (SSSR count). The van der Waals surface area contributed by atoms with Crippen molar-refractivity contribution in [3.05, 3.63) is 96.0 Å². The van der Waals surface area contributed by atoms with Gasteiger partial charge in [-0.2, -0.15) is 20.1 Å². The highest BCUT2D eigenvalue weighted by Gasteiger charge is 2.40. The molecule has 4 aliphatic rings. The Morgan fingerprint density at radius 1 is 0.927 bits per heavy atom. The van der Waals surface area contributed by atoms with E-state index in [1.165, 1.54) is 16.9 Å². The first-order chi connectivity index (χ1) is 26.7. The van der Waals surface area contributed by atoms with Crippen LogP contribution in [0.15, 0.2) is 73.4 Å². The highest BCUT2D eigenvalue weighted by atomic mass is 19.1. The molecular formula is C39H40FN11O4. The lowest BCUT2D eigenvalue weighted by Gasteiger charge is -2.48. The maximum absolute atomic E-state index is 14.3. The van der Waals surface area contributed by atoms with E-state index in [1.54, 1.807) is 29.6 Å². The third-order valence-electron chi connectivity index (χ3n) is 11.3. The van der Waals surface area contributed by atoms with Crippen LogP contribution in [0.2, 0.25) is 0 Å². The van der Waals surface area contributed by atoms with Crippen LogP contribution in [0.1, 0.15) is 66.2 Å². The average molecular weight is 746 g/mol. The van der Waals surface area contributed by atoms with Gasteiger partial charge < -0.3 is 20.3 Å². The van der Waals surface area contributed by atoms with Gasteiger partial charge in [0.05, 0.1) is 30.3 Å². The van der Waals surface area contributed by atoms with Crippen molar-refractivity contribution >= 4 is 29.2 Å². The number of piperidine rings is 2. The number of imide groups is 1. The van der Waals surface area contributed by atoms with Gasteiger partial charge >= 0.3 is 0 Å². The second-order valence-electron chi connectivity index (χ2n) is 14.7. The molecule has 5 aromatic rings. The van der Waals surface area contributed by atoms with Crippen molar-refractivity contribution in [3.8, 4) is 22.6 Å². The van der Waals surface area contributed by atoms with E-state index in [1.807, 2.05) is 42.2 Å². The summed E-state index contributed by atoms with van der Waals surface area (Å²) in [7, 11) is 0. The summed E-state index contributed by atoms with van der Waals surface area (Å²) in [5, 5.41) is 15.5. The number of nitrogen functional groups attached to an aromatic ring is 1. The fraction of sp³-hybridized carbons (Fsp3) is 0.359. The lowest BCUT2D eigenvalue weighted by atomic mass is 9.98. The first kappa shape index (κ1) is 34.6. The Morgan fingerprint density at radius 2 is 1.73 bits per heavy atom. The van der Waals surface area contributed by atoms with E-state index in [9.17, 15) is 18.8 Å². The molecule has 1 unspecified atom stereocenters. The van der Waals surface area contributed by atoms with Crippen LogP contribution in [-0.4, -0.2) is 95.5 Å². The summed E-state index contributed by atoms with van der Waals surface area (Å²) in [4.78, 5) is 49.5. The third-order valence-corrected chi connectivity index (χ3v) is 11.3. The van der Waals surface area contributed by atoms with Crippen molar-refractivity contribution in [2.45, 2.75) is 63.4 Å². The normalized spacial score (nSPS) is 20.0. The molecule has 3 N–H and O–H groups in total. The molecule has 4 aliphatic heterocycles. The van der Waals surface area contributed by atoms with Crippen molar-refractivity contribution in [2.24, 2.45) is 0 Å². The molecule has 0 saturated carbocycles. The fourth-order valence-electron chi connectivity index (χ4n) is 8.19. The predicted molar refractivity (Wildman–Crippen MR) is 199 cm³/mol. The molecule has 3 saturated heterocycles. The van der Waals surface area contributed by atoms with E-state index in [-0.39, 0.29) is 30.1 Å². The Kier molecular flexibility index (Phi) is 8.76. The molecule has 0 radical (unpaired) electrons. The minimum absolute atomic E-state index is 0.153. The van der Waals surface area contributed by atoms with Crippen molar-refractivity contribution in [2.75, 3.05) is 36.8 Å². The van der Waals surface area contributed by atoms with E-state index in [2.05, 4.69) is 36.4 Å². The van der Waals surface area contributed by atoms with Crippen LogP contribution in [0, 0.1) is 5.82 Å². The van der Waals surface area contributed by atoms with Crippen molar-refractivity contribution in [1.29, 1.82) is 0 Å². The van der Waals surface area contributed by atoms with E-state index in [4.69, 9.17) is 15.6 Å². The summed E-state index contributed by atoms with van der Waals surface area (Å²) in [5.41, 5.74) is 11.7. The number of hydrogen-bond acceptors (Lipinski definition) is 11. The number of nitrogens with zero attached hydrogens (tertiary/aromatic N) is 9. The quantitative estimate of drug-likeness (QED) is 0.211. The molecule has 3 amide bonds. The number of benzene rings is 2.